The van der Waals surface area contributed by atoms with Crippen LogP contribution in [0.5, 0.6) is 5.75 Å². The van der Waals surface area contributed by atoms with Gasteiger partial charge in [-0.15, -0.1) is 0 Å². The van der Waals surface area contributed by atoms with E-state index in [1.807, 2.05) is 91.0 Å². The van der Waals surface area contributed by atoms with Crippen LogP contribution < -0.4 is 0 Å². The number of rotatable bonds is 8. The van der Waals surface area contributed by atoms with Crippen molar-refractivity contribution in [2.75, 3.05) is 0 Å². The number of halogens is 1. The zero-order chi connectivity index (χ0) is 25.8. The second-order valence-corrected chi connectivity index (χ2v) is 9.09. The van der Waals surface area contributed by atoms with Crippen LogP contribution >= 0.6 is 0 Å². The zero-order valence-electron chi connectivity index (χ0n) is 20.1. The summed E-state index contributed by atoms with van der Waals surface area (Å²) in [5.74, 6) is -2.12. The minimum Gasteiger partial charge on any atom is -0.507 e. The van der Waals surface area contributed by atoms with Crippen molar-refractivity contribution in [1.82, 2.24) is 0 Å². The largest absolute Gasteiger partial charge is 0.507 e. The first kappa shape index (κ1) is 24.1. The van der Waals surface area contributed by atoms with Gasteiger partial charge in [-0.2, -0.15) is 0 Å². The number of aromatic hydroxyl groups is 1. The average molecular weight is 489 g/mol. The molecule has 0 heterocycles. The molecule has 0 saturated heterocycles. The molecule has 3 nitrogen and oxygen atoms in total. The van der Waals surface area contributed by atoms with Crippen LogP contribution in [-0.2, 0) is 0 Å². The Hall–Kier alpha value is -4.57. The van der Waals surface area contributed by atoms with E-state index in [2.05, 4.69) is 0 Å². The Morgan fingerprint density at radius 2 is 1.43 bits per heavy atom. The molecule has 0 aliphatic rings. The topological polar surface area (TPSA) is 54.4 Å². The molecule has 5 aromatic rings. The van der Waals surface area contributed by atoms with E-state index >= 15 is 0 Å². The third-order valence-corrected chi connectivity index (χ3v) is 6.67. The summed E-state index contributed by atoms with van der Waals surface area (Å²) in [4.78, 5) is 26.8. The fraction of sp³-hybridized carbons (Fsp3) is 0.0909. The maximum Gasteiger partial charge on any atom is 0.174 e. The normalized spacial score (nSPS) is 11.8. The van der Waals surface area contributed by atoms with Crippen molar-refractivity contribution in [3.63, 3.8) is 0 Å². The van der Waals surface area contributed by atoms with Crippen LogP contribution in [0.3, 0.4) is 0 Å². The Morgan fingerprint density at radius 1 is 0.703 bits per heavy atom. The Balaban J connectivity index is 1.47. The number of phenolic OH excluding ortho intramolecular Hbond substituents is 1. The van der Waals surface area contributed by atoms with Crippen LogP contribution in [0.15, 0.2) is 115 Å². The highest BCUT2D eigenvalue weighted by molar-refractivity contribution is 6.04. The van der Waals surface area contributed by atoms with Crippen LogP contribution in [0.1, 0.15) is 45.0 Å². The highest BCUT2D eigenvalue weighted by atomic mass is 19.1. The molecule has 1 atom stereocenters. The molecular weight excluding hydrogens is 463 g/mol. The molecule has 5 rings (SSSR count). The van der Waals surface area contributed by atoms with E-state index in [1.165, 1.54) is 6.07 Å². The molecule has 0 aliphatic carbocycles. The number of hydrogen-bond acceptors (Lipinski definition) is 3. The Kier molecular flexibility index (Phi) is 6.91. The number of Topliss-reactive ketones (excluding diaryl/α,β-unsaturated/α-hetero) is 2. The lowest BCUT2D eigenvalue weighted by atomic mass is 9.84. The number of carbonyl (C=O) groups is 2. The van der Waals surface area contributed by atoms with E-state index in [0.29, 0.717) is 11.1 Å². The molecule has 0 aliphatic heterocycles. The van der Waals surface area contributed by atoms with Crippen molar-refractivity contribution >= 4 is 22.3 Å². The van der Waals surface area contributed by atoms with Gasteiger partial charge in [0, 0.05) is 17.9 Å². The number of carbonyl (C=O) groups excluding carboxylic acids is 2. The zero-order valence-corrected chi connectivity index (χ0v) is 20.1. The summed E-state index contributed by atoms with van der Waals surface area (Å²) in [5.41, 5.74) is 3.13. The maximum absolute atomic E-state index is 14.0. The van der Waals surface area contributed by atoms with Crippen molar-refractivity contribution in [2.24, 2.45) is 0 Å². The molecule has 5 aromatic carbocycles. The summed E-state index contributed by atoms with van der Waals surface area (Å²) < 4.78 is 14.0. The summed E-state index contributed by atoms with van der Waals surface area (Å²) in [7, 11) is 0. The van der Waals surface area contributed by atoms with Gasteiger partial charge in [0.15, 0.2) is 11.6 Å². The van der Waals surface area contributed by atoms with Crippen molar-refractivity contribution in [1.29, 1.82) is 0 Å². The second kappa shape index (κ2) is 10.6. The molecule has 37 heavy (non-hydrogen) atoms. The molecule has 1 N–H and O–H groups in total. The van der Waals surface area contributed by atoms with Gasteiger partial charge in [-0.05, 0) is 58.1 Å². The van der Waals surface area contributed by atoms with Crippen LogP contribution in [0.4, 0.5) is 4.39 Å². The fourth-order valence-corrected chi connectivity index (χ4v) is 4.69. The van der Waals surface area contributed by atoms with Gasteiger partial charge in [-0.25, -0.2) is 4.39 Å². The highest BCUT2D eigenvalue weighted by Gasteiger charge is 2.26. The van der Waals surface area contributed by atoms with Crippen molar-refractivity contribution < 1.29 is 19.1 Å². The number of hydrogen-bond donors (Lipinski definition) is 1. The van der Waals surface area contributed by atoms with Crippen LogP contribution in [0.2, 0.25) is 0 Å². The van der Waals surface area contributed by atoms with Gasteiger partial charge in [0.1, 0.15) is 11.6 Å². The van der Waals surface area contributed by atoms with Crippen molar-refractivity contribution in [3.05, 3.63) is 138 Å². The first-order valence-electron chi connectivity index (χ1n) is 12.2. The minimum absolute atomic E-state index is 0.0776. The molecule has 0 bridgehead atoms. The van der Waals surface area contributed by atoms with Gasteiger partial charge in [0.2, 0.25) is 0 Å². The molecule has 0 amide bonds. The molecule has 0 radical (unpaired) electrons. The van der Waals surface area contributed by atoms with Gasteiger partial charge in [0.05, 0.1) is 5.56 Å². The lowest BCUT2D eigenvalue weighted by Gasteiger charge is -2.18. The predicted octanol–water partition coefficient (Wildman–Crippen LogP) is 7.98. The third kappa shape index (κ3) is 5.34. The van der Waals surface area contributed by atoms with E-state index < -0.39 is 17.5 Å². The van der Waals surface area contributed by atoms with E-state index in [0.717, 1.165) is 34.0 Å². The number of fused-ring (bicyclic) bond motifs is 1. The Morgan fingerprint density at radius 3 is 2.24 bits per heavy atom. The summed E-state index contributed by atoms with van der Waals surface area (Å²) in [5, 5.41) is 12.4. The molecular formula is C33H25FO3. The summed E-state index contributed by atoms with van der Waals surface area (Å²) >= 11 is 0. The molecule has 0 saturated carbocycles. The standard InChI is InChI=1S/C33H25FO3/c34-28-15-17-32(36)30(21-28)33(37)29(26-12-6-11-25(19-26)22-7-2-1-3-8-22)16-18-31(35)27-14-13-23-9-4-5-10-24(23)20-27/h1-15,17,19-21,29,36H,16,18H2. The van der Waals surface area contributed by atoms with Crippen LogP contribution in [0.25, 0.3) is 21.9 Å². The third-order valence-electron chi connectivity index (χ3n) is 6.67. The van der Waals surface area contributed by atoms with Crippen molar-refractivity contribution in [2.45, 2.75) is 18.8 Å². The van der Waals surface area contributed by atoms with Gasteiger partial charge in [0.25, 0.3) is 0 Å². The van der Waals surface area contributed by atoms with Crippen LogP contribution in [0, 0.1) is 5.82 Å². The molecule has 1 unspecified atom stereocenters. The minimum atomic E-state index is -0.735. The van der Waals surface area contributed by atoms with Gasteiger partial charge in [-0.3, -0.25) is 9.59 Å². The maximum atomic E-state index is 14.0. The SMILES string of the molecule is O=C(CCC(C(=O)c1cc(F)ccc1O)c1cccc(-c2ccccc2)c1)c1ccc2ccccc2c1. The molecule has 182 valence electrons. The molecule has 0 fully saturated rings. The lowest BCUT2D eigenvalue weighted by Crippen LogP contribution is -2.15. The first-order chi connectivity index (χ1) is 18.0. The van der Waals surface area contributed by atoms with E-state index in [-0.39, 0.29) is 29.9 Å². The predicted molar refractivity (Wildman–Crippen MR) is 145 cm³/mol. The summed E-state index contributed by atoms with van der Waals surface area (Å²) in [6.45, 7) is 0. The van der Waals surface area contributed by atoms with E-state index in [4.69, 9.17) is 0 Å². The fourth-order valence-electron chi connectivity index (χ4n) is 4.69. The number of phenols is 1. The summed E-state index contributed by atoms with van der Waals surface area (Å²) in [6, 6.07) is 34.1. The lowest BCUT2D eigenvalue weighted by molar-refractivity contribution is 0.0934. The Bertz CT molecular complexity index is 1590. The number of ketones is 2. The monoisotopic (exact) mass is 488 g/mol. The van der Waals surface area contributed by atoms with Gasteiger partial charge >= 0.3 is 0 Å². The first-order valence-corrected chi connectivity index (χ1v) is 12.2. The highest BCUT2D eigenvalue weighted by Crippen LogP contribution is 2.33. The summed E-state index contributed by atoms with van der Waals surface area (Å²) in [6.07, 6.45) is 0.346. The number of benzene rings is 5. The van der Waals surface area contributed by atoms with E-state index in [9.17, 15) is 19.1 Å². The second-order valence-electron chi connectivity index (χ2n) is 9.09. The Labute approximate surface area is 214 Å². The molecule has 0 spiro atoms. The molecule has 4 heteroatoms. The van der Waals surface area contributed by atoms with E-state index in [1.54, 1.807) is 6.07 Å². The van der Waals surface area contributed by atoms with Crippen molar-refractivity contribution in [3.8, 4) is 16.9 Å². The van der Waals surface area contributed by atoms with Gasteiger partial charge in [-0.1, -0.05) is 91.0 Å². The smallest absolute Gasteiger partial charge is 0.174 e. The molecule has 0 aromatic heterocycles. The van der Waals surface area contributed by atoms with Crippen LogP contribution in [-0.4, -0.2) is 16.7 Å². The average Bonchev–Trinajstić information content (AvgIpc) is 2.94. The quantitative estimate of drug-likeness (QED) is 0.225. The van der Waals surface area contributed by atoms with Gasteiger partial charge < -0.3 is 5.11 Å².